The molecule has 6 aromatic rings. The standard InChI is InChI=1S/C28H25FN8O/c1-37(2)3-4-38-21-7-16(5-19(29)9-21)24-14-32-15-26-22(24)10-25(34-26)27-23-8-18(12-33-28(23)36-35-27)17-6-20(30)13-31-11-17/h5-15,34H,3-4,30H2,1-2H3,(H,33,35,36). The van der Waals surface area contributed by atoms with Crippen molar-refractivity contribution < 1.29 is 9.13 Å². The summed E-state index contributed by atoms with van der Waals surface area (Å²) < 4.78 is 20.3. The van der Waals surface area contributed by atoms with E-state index in [0.717, 1.165) is 45.2 Å². The van der Waals surface area contributed by atoms with E-state index in [0.29, 0.717) is 34.9 Å². The predicted octanol–water partition coefficient (Wildman–Crippen LogP) is 4.89. The molecule has 6 rings (SSSR count). The van der Waals surface area contributed by atoms with E-state index in [1.807, 2.05) is 43.3 Å². The van der Waals surface area contributed by atoms with Gasteiger partial charge in [0.05, 0.1) is 23.1 Å². The van der Waals surface area contributed by atoms with Crippen LogP contribution in [-0.2, 0) is 0 Å². The van der Waals surface area contributed by atoms with Gasteiger partial charge in [0.2, 0.25) is 0 Å². The summed E-state index contributed by atoms with van der Waals surface area (Å²) in [5.74, 6) is 0.102. The Morgan fingerprint density at radius 1 is 0.895 bits per heavy atom. The number of likely N-dealkylation sites (N-methyl/N-ethyl adjacent to an activating group) is 1. The minimum absolute atomic E-state index is 0.372. The van der Waals surface area contributed by atoms with Gasteiger partial charge in [-0.05, 0) is 50.0 Å². The van der Waals surface area contributed by atoms with Gasteiger partial charge in [-0.1, -0.05) is 0 Å². The molecule has 0 radical (unpaired) electrons. The monoisotopic (exact) mass is 508 g/mol. The second kappa shape index (κ2) is 9.56. The number of rotatable bonds is 7. The largest absolute Gasteiger partial charge is 0.492 e. The summed E-state index contributed by atoms with van der Waals surface area (Å²) in [5.41, 5.74) is 12.7. The molecular weight excluding hydrogens is 483 g/mol. The first-order valence-corrected chi connectivity index (χ1v) is 12.1. The topological polar surface area (TPSA) is 122 Å². The predicted molar refractivity (Wildman–Crippen MR) is 146 cm³/mol. The molecular formula is C28H25FN8O. The lowest BCUT2D eigenvalue weighted by Crippen LogP contribution is -2.19. The maximum absolute atomic E-state index is 14.6. The van der Waals surface area contributed by atoms with E-state index in [9.17, 15) is 4.39 Å². The number of H-pyrrole nitrogens is 2. The van der Waals surface area contributed by atoms with E-state index in [1.165, 1.54) is 12.1 Å². The van der Waals surface area contributed by atoms with Crippen molar-refractivity contribution in [2.75, 3.05) is 33.0 Å². The third kappa shape index (κ3) is 4.53. The summed E-state index contributed by atoms with van der Waals surface area (Å²) in [6.07, 6.45) is 8.58. The van der Waals surface area contributed by atoms with Crippen molar-refractivity contribution in [1.29, 1.82) is 0 Å². The molecule has 0 amide bonds. The number of aromatic amines is 2. The number of pyridine rings is 3. The summed E-state index contributed by atoms with van der Waals surface area (Å²) in [5, 5.41) is 9.26. The van der Waals surface area contributed by atoms with E-state index in [-0.39, 0.29) is 5.82 Å². The first kappa shape index (κ1) is 23.6. The third-order valence-corrected chi connectivity index (χ3v) is 6.30. The van der Waals surface area contributed by atoms with Crippen molar-refractivity contribution in [3.63, 3.8) is 0 Å². The molecule has 0 aliphatic carbocycles. The number of fused-ring (bicyclic) bond motifs is 2. The van der Waals surface area contributed by atoms with Crippen molar-refractivity contribution in [1.82, 2.24) is 35.0 Å². The van der Waals surface area contributed by atoms with Crippen molar-refractivity contribution >= 4 is 27.6 Å². The SMILES string of the molecule is CN(C)CCOc1cc(F)cc(-c2cncc3[nH]c(-c4n[nH]c5ncc(-c6cncc(N)c6)cc45)cc23)c1. The Hall–Kier alpha value is -4.83. The summed E-state index contributed by atoms with van der Waals surface area (Å²) >= 11 is 0. The van der Waals surface area contributed by atoms with Crippen LogP contribution in [0.2, 0.25) is 0 Å². The highest BCUT2D eigenvalue weighted by atomic mass is 19.1. The number of nitrogens with one attached hydrogen (secondary N) is 2. The van der Waals surface area contributed by atoms with E-state index in [4.69, 9.17) is 10.5 Å². The highest BCUT2D eigenvalue weighted by molar-refractivity contribution is 6.00. The number of hydrogen-bond donors (Lipinski definition) is 3. The zero-order chi connectivity index (χ0) is 26.2. The molecule has 10 heteroatoms. The molecule has 0 bridgehead atoms. The Kier molecular flexibility index (Phi) is 5.93. The molecule has 0 saturated heterocycles. The number of hydrogen-bond acceptors (Lipinski definition) is 7. The zero-order valence-electron chi connectivity index (χ0n) is 20.9. The van der Waals surface area contributed by atoms with Crippen LogP contribution in [0.3, 0.4) is 0 Å². The minimum atomic E-state index is -0.372. The lowest BCUT2D eigenvalue weighted by molar-refractivity contribution is 0.260. The second-order valence-electron chi connectivity index (χ2n) is 9.36. The first-order chi connectivity index (χ1) is 18.4. The molecule has 0 aliphatic heterocycles. The Labute approximate surface area is 217 Å². The van der Waals surface area contributed by atoms with E-state index in [2.05, 4.69) is 30.1 Å². The van der Waals surface area contributed by atoms with E-state index in [1.54, 1.807) is 31.0 Å². The average molecular weight is 509 g/mol. The van der Waals surface area contributed by atoms with Crippen LogP contribution >= 0.6 is 0 Å². The number of nitrogen functional groups attached to an aromatic ring is 1. The number of benzene rings is 1. The van der Waals surface area contributed by atoms with Crippen LogP contribution in [0, 0.1) is 5.82 Å². The number of aromatic nitrogens is 6. The van der Waals surface area contributed by atoms with Gasteiger partial charge in [0, 0.05) is 64.9 Å². The highest BCUT2D eigenvalue weighted by Gasteiger charge is 2.16. The Morgan fingerprint density at radius 3 is 2.58 bits per heavy atom. The van der Waals surface area contributed by atoms with Gasteiger partial charge in [0.1, 0.15) is 23.9 Å². The van der Waals surface area contributed by atoms with E-state index >= 15 is 0 Å². The maximum Gasteiger partial charge on any atom is 0.155 e. The number of anilines is 1. The molecule has 1 aromatic carbocycles. The number of halogens is 1. The van der Waals surface area contributed by atoms with Crippen molar-refractivity contribution in [2.24, 2.45) is 0 Å². The fraction of sp³-hybridized carbons (Fsp3) is 0.143. The Balaban J connectivity index is 1.40. The van der Waals surface area contributed by atoms with Crippen LogP contribution in [0.5, 0.6) is 5.75 Å². The van der Waals surface area contributed by atoms with Gasteiger partial charge in [0.15, 0.2) is 5.65 Å². The van der Waals surface area contributed by atoms with Gasteiger partial charge in [-0.25, -0.2) is 9.37 Å². The van der Waals surface area contributed by atoms with Crippen molar-refractivity contribution in [2.45, 2.75) is 0 Å². The van der Waals surface area contributed by atoms with Crippen LogP contribution in [0.25, 0.3) is 55.6 Å². The highest BCUT2D eigenvalue weighted by Crippen LogP contribution is 2.35. The van der Waals surface area contributed by atoms with Gasteiger partial charge in [-0.2, -0.15) is 5.10 Å². The summed E-state index contributed by atoms with van der Waals surface area (Å²) in [7, 11) is 3.93. The van der Waals surface area contributed by atoms with Gasteiger partial charge in [-0.15, -0.1) is 0 Å². The molecule has 4 N–H and O–H groups in total. The van der Waals surface area contributed by atoms with Gasteiger partial charge in [-0.3, -0.25) is 15.1 Å². The Bertz CT molecular complexity index is 1770. The van der Waals surface area contributed by atoms with Crippen LogP contribution in [-0.4, -0.2) is 62.3 Å². The lowest BCUT2D eigenvalue weighted by Gasteiger charge is -2.12. The molecule has 0 fully saturated rings. The molecule has 0 atom stereocenters. The molecule has 9 nitrogen and oxygen atoms in total. The molecule has 38 heavy (non-hydrogen) atoms. The molecule has 5 aromatic heterocycles. The maximum atomic E-state index is 14.6. The molecule has 0 unspecified atom stereocenters. The normalized spacial score (nSPS) is 11.6. The second-order valence-corrected chi connectivity index (χ2v) is 9.36. The number of nitrogens with two attached hydrogens (primary N) is 1. The smallest absolute Gasteiger partial charge is 0.155 e. The molecule has 0 spiro atoms. The van der Waals surface area contributed by atoms with Crippen LogP contribution in [0.1, 0.15) is 0 Å². The molecule has 190 valence electrons. The molecule has 0 saturated carbocycles. The Morgan fingerprint density at radius 2 is 1.74 bits per heavy atom. The molecule has 0 aliphatic rings. The minimum Gasteiger partial charge on any atom is -0.492 e. The summed E-state index contributed by atoms with van der Waals surface area (Å²) in [6.45, 7) is 1.19. The average Bonchev–Trinajstić information content (AvgIpc) is 3.51. The summed E-state index contributed by atoms with van der Waals surface area (Å²) in [4.78, 5) is 18.5. The fourth-order valence-electron chi connectivity index (χ4n) is 4.44. The number of ether oxygens (including phenoxy) is 1. The van der Waals surface area contributed by atoms with Crippen LogP contribution in [0.4, 0.5) is 10.1 Å². The number of nitrogens with zero attached hydrogens (tertiary/aromatic N) is 5. The zero-order valence-corrected chi connectivity index (χ0v) is 20.9. The fourth-order valence-corrected chi connectivity index (χ4v) is 4.44. The van der Waals surface area contributed by atoms with Gasteiger partial charge >= 0.3 is 0 Å². The third-order valence-electron chi connectivity index (χ3n) is 6.30. The quantitative estimate of drug-likeness (QED) is 0.281. The summed E-state index contributed by atoms with van der Waals surface area (Å²) in [6, 6.07) is 10.6. The van der Waals surface area contributed by atoms with Crippen LogP contribution < -0.4 is 10.5 Å². The molecule has 5 heterocycles. The van der Waals surface area contributed by atoms with Crippen molar-refractivity contribution in [3.05, 3.63) is 73.2 Å². The van der Waals surface area contributed by atoms with E-state index < -0.39 is 0 Å². The van der Waals surface area contributed by atoms with Gasteiger partial charge in [0.25, 0.3) is 0 Å². The van der Waals surface area contributed by atoms with Gasteiger partial charge < -0.3 is 20.4 Å². The first-order valence-electron chi connectivity index (χ1n) is 12.1. The van der Waals surface area contributed by atoms with Crippen molar-refractivity contribution in [3.8, 4) is 39.4 Å². The van der Waals surface area contributed by atoms with Crippen LogP contribution in [0.15, 0.2) is 67.4 Å². The lowest BCUT2D eigenvalue weighted by atomic mass is 10.0.